The van der Waals surface area contributed by atoms with Crippen LogP contribution in [0, 0.1) is 11.8 Å². The quantitative estimate of drug-likeness (QED) is 0.601. The zero-order valence-electron chi connectivity index (χ0n) is 14.1. The van der Waals surface area contributed by atoms with Crippen molar-refractivity contribution in [1.82, 2.24) is 9.80 Å². The molecule has 0 aromatic rings. The van der Waals surface area contributed by atoms with Gasteiger partial charge < -0.3 is 15.5 Å². The van der Waals surface area contributed by atoms with Crippen molar-refractivity contribution >= 4 is 5.96 Å². The molecule has 118 valence electrons. The highest BCUT2D eigenvalue weighted by Crippen LogP contribution is 2.18. The second kappa shape index (κ2) is 8.50. The number of nitrogens with zero attached hydrogens (tertiary/aromatic N) is 3. The van der Waals surface area contributed by atoms with E-state index in [1.165, 1.54) is 25.7 Å². The van der Waals surface area contributed by atoms with E-state index in [-0.39, 0.29) is 0 Å². The minimum atomic E-state index is 0.491. The number of likely N-dealkylation sites (N-methyl/N-ethyl adjacent to an activating group) is 1. The molecule has 4 nitrogen and oxygen atoms in total. The Kier molecular flexibility index (Phi) is 7.35. The number of rotatable bonds is 6. The fraction of sp³-hybridized carbons (Fsp3) is 0.938. The van der Waals surface area contributed by atoms with Gasteiger partial charge in [-0.1, -0.05) is 33.6 Å². The van der Waals surface area contributed by atoms with Crippen LogP contribution in [0.25, 0.3) is 0 Å². The Morgan fingerprint density at radius 2 is 2.00 bits per heavy atom. The molecule has 1 aliphatic rings. The molecular formula is C16H34N4. The summed E-state index contributed by atoms with van der Waals surface area (Å²) in [7, 11) is 4.30. The van der Waals surface area contributed by atoms with E-state index >= 15 is 0 Å². The Morgan fingerprint density at radius 3 is 2.50 bits per heavy atom. The molecule has 2 atom stereocenters. The minimum Gasteiger partial charge on any atom is -0.370 e. The van der Waals surface area contributed by atoms with Crippen LogP contribution < -0.4 is 5.73 Å². The predicted octanol–water partition coefficient (Wildman–Crippen LogP) is 2.40. The summed E-state index contributed by atoms with van der Waals surface area (Å²) in [5.41, 5.74) is 6.20. The van der Waals surface area contributed by atoms with E-state index in [0.29, 0.717) is 12.0 Å². The van der Waals surface area contributed by atoms with Crippen LogP contribution in [0.3, 0.4) is 0 Å². The molecule has 0 amide bonds. The normalized spacial score (nSPS) is 22.6. The average Bonchev–Trinajstić information content (AvgIpc) is 2.42. The monoisotopic (exact) mass is 282 g/mol. The number of likely N-dealkylation sites (tertiary alicyclic amines) is 1. The van der Waals surface area contributed by atoms with Gasteiger partial charge in [-0.25, -0.2) is 0 Å². The first-order valence-corrected chi connectivity index (χ1v) is 8.20. The van der Waals surface area contributed by atoms with E-state index in [1.54, 1.807) is 0 Å². The summed E-state index contributed by atoms with van der Waals surface area (Å²) in [6, 6.07) is 0.491. The van der Waals surface area contributed by atoms with Crippen LogP contribution >= 0.6 is 0 Å². The lowest BCUT2D eigenvalue weighted by Crippen LogP contribution is -2.45. The molecular weight excluding hydrogens is 248 g/mol. The molecule has 1 saturated heterocycles. The third-order valence-electron chi connectivity index (χ3n) is 4.68. The second-order valence-electron chi connectivity index (χ2n) is 6.50. The lowest BCUT2D eigenvalue weighted by atomic mass is 9.93. The lowest BCUT2D eigenvalue weighted by molar-refractivity contribution is 0.204. The van der Waals surface area contributed by atoms with Gasteiger partial charge in [0.25, 0.3) is 0 Å². The first kappa shape index (κ1) is 17.3. The van der Waals surface area contributed by atoms with Gasteiger partial charge in [0.15, 0.2) is 5.96 Å². The van der Waals surface area contributed by atoms with Gasteiger partial charge in [-0.15, -0.1) is 0 Å². The standard InChI is InChI=1S/C16H34N4/c1-6-14(7-2)15(19(4)5)11-18-16(17)20-10-8-9-13(3)12-20/h13-15H,6-12H2,1-5H3,(H2,17,18). The molecule has 2 unspecified atom stereocenters. The Balaban J connectivity index is 2.61. The summed E-state index contributed by atoms with van der Waals surface area (Å²) in [5.74, 6) is 2.18. The van der Waals surface area contributed by atoms with Crippen molar-refractivity contribution in [3.05, 3.63) is 0 Å². The van der Waals surface area contributed by atoms with Gasteiger partial charge in [-0.05, 0) is 38.8 Å². The molecule has 0 radical (unpaired) electrons. The van der Waals surface area contributed by atoms with Gasteiger partial charge in [0, 0.05) is 19.1 Å². The fourth-order valence-electron chi connectivity index (χ4n) is 3.25. The molecule has 0 aliphatic carbocycles. The summed E-state index contributed by atoms with van der Waals surface area (Å²) in [6.07, 6.45) is 4.96. The third-order valence-corrected chi connectivity index (χ3v) is 4.68. The van der Waals surface area contributed by atoms with Crippen molar-refractivity contribution in [3.8, 4) is 0 Å². The maximum atomic E-state index is 6.20. The molecule has 1 heterocycles. The van der Waals surface area contributed by atoms with Crippen LogP contribution in [-0.2, 0) is 0 Å². The molecule has 0 saturated carbocycles. The van der Waals surface area contributed by atoms with E-state index < -0.39 is 0 Å². The highest BCUT2D eigenvalue weighted by molar-refractivity contribution is 5.78. The van der Waals surface area contributed by atoms with Gasteiger partial charge in [0.2, 0.25) is 0 Å². The largest absolute Gasteiger partial charge is 0.370 e. The molecule has 20 heavy (non-hydrogen) atoms. The lowest BCUT2D eigenvalue weighted by Gasteiger charge is -2.33. The zero-order chi connectivity index (χ0) is 15.1. The Bertz CT molecular complexity index is 297. The van der Waals surface area contributed by atoms with Crippen LogP contribution in [0.5, 0.6) is 0 Å². The van der Waals surface area contributed by atoms with E-state index in [9.17, 15) is 0 Å². The van der Waals surface area contributed by atoms with Crippen molar-refractivity contribution in [1.29, 1.82) is 0 Å². The molecule has 1 rings (SSSR count). The smallest absolute Gasteiger partial charge is 0.191 e. The molecule has 1 aliphatic heterocycles. The SMILES string of the molecule is CCC(CC)C(CN=C(N)N1CCCC(C)C1)N(C)C. The number of piperidine rings is 1. The highest BCUT2D eigenvalue weighted by Gasteiger charge is 2.22. The number of nitrogens with two attached hydrogens (primary N) is 1. The Morgan fingerprint density at radius 1 is 1.35 bits per heavy atom. The van der Waals surface area contributed by atoms with Gasteiger partial charge in [0.1, 0.15) is 0 Å². The molecule has 0 aromatic heterocycles. The van der Waals surface area contributed by atoms with Gasteiger partial charge in [-0.3, -0.25) is 4.99 Å². The number of hydrogen-bond donors (Lipinski definition) is 1. The van der Waals surface area contributed by atoms with E-state index in [4.69, 9.17) is 10.7 Å². The van der Waals surface area contributed by atoms with Crippen molar-refractivity contribution in [2.45, 2.75) is 52.5 Å². The maximum absolute atomic E-state index is 6.20. The van der Waals surface area contributed by atoms with Crippen LogP contribution in [-0.4, -0.2) is 55.5 Å². The Labute approximate surface area is 125 Å². The molecule has 1 fully saturated rings. The molecule has 4 heteroatoms. The first-order chi connectivity index (χ1) is 9.49. The van der Waals surface area contributed by atoms with Crippen molar-refractivity contribution in [2.24, 2.45) is 22.6 Å². The molecule has 0 spiro atoms. The second-order valence-corrected chi connectivity index (χ2v) is 6.50. The van der Waals surface area contributed by atoms with Crippen LogP contribution in [0.15, 0.2) is 4.99 Å². The fourth-order valence-corrected chi connectivity index (χ4v) is 3.25. The topological polar surface area (TPSA) is 44.9 Å². The predicted molar refractivity (Wildman–Crippen MR) is 88.0 cm³/mol. The summed E-state index contributed by atoms with van der Waals surface area (Å²) < 4.78 is 0. The zero-order valence-corrected chi connectivity index (χ0v) is 14.1. The van der Waals surface area contributed by atoms with Crippen molar-refractivity contribution < 1.29 is 0 Å². The maximum Gasteiger partial charge on any atom is 0.191 e. The van der Waals surface area contributed by atoms with Crippen LogP contribution in [0.1, 0.15) is 46.5 Å². The molecule has 0 aromatic carbocycles. The van der Waals surface area contributed by atoms with Crippen LogP contribution in [0.4, 0.5) is 0 Å². The summed E-state index contributed by atoms with van der Waals surface area (Å²) in [5, 5.41) is 0. The van der Waals surface area contributed by atoms with Crippen LogP contribution in [0.2, 0.25) is 0 Å². The highest BCUT2D eigenvalue weighted by atomic mass is 15.3. The van der Waals surface area contributed by atoms with E-state index in [0.717, 1.165) is 31.5 Å². The summed E-state index contributed by atoms with van der Waals surface area (Å²) in [6.45, 7) is 9.78. The van der Waals surface area contributed by atoms with Gasteiger partial charge in [0.05, 0.1) is 6.54 Å². The van der Waals surface area contributed by atoms with Gasteiger partial charge >= 0.3 is 0 Å². The van der Waals surface area contributed by atoms with Gasteiger partial charge in [-0.2, -0.15) is 0 Å². The summed E-state index contributed by atoms with van der Waals surface area (Å²) in [4.78, 5) is 9.26. The van der Waals surface area contributed by atoms with Crippen molar-refractivity contribution in [2.75, 3.05) is 33.7 Å². The Hall–Kier alpha value is -0.770. The van der Waals surface area contributed by atoms with Crippen molar-refractivity contribution in [3.63, 3.8) is 0 Å². The molecule has 0 bridgehead atoms. The minimum absolute atomic E-state index is 0.491. The summed E-state index contributed by atoms with van der Waals surface area (Å²) >= 11 is 0. The molecule has 2 N–H and O–H groups in total. The van der Waals surface area contributed by atoms with E-state index in [1.807, 2.05) is 0 Å². The number of guanidine groups is 1. The number of hydrogen-bond acceptors (Lipinski definition) is 2. The van der Waals surface area contributed by atoms with E-state index in [2.05, 4.69) is 44.7 Å². The average molecular weight is 282 g/mol. The first-order valence-electron chi connectivity index (χ1n) is 8.20. The third kappa shape index (κ3) is 4.97. The number of aliphatic imine (C=N–C) groups is 1.